The molecule has 0 aliphatic heterocycles. The van der Waals surface area contributed by atoms with Crippen molar-refractivity contribution >= 4 is 62.4 Å². The van der Waals surface area contributed by atoms with Crippen molar-refractivity contribution in [3.63, 3.8) is 0 Å². The Hall–Kier alpha value is -4.35. The Labute approximate surface area is 282 Å². The molecular weight excluding hydrogens is 663 g/mol. The van der Waals surface area contributed by atoms with Crippen molar-refractivity contribution in [2.45, 2.75) is 27.7 Å². The van der Waals surface area contributed by atoms with Crippen LogP contribution in [-0.2, 0) is 0 Å². The zero-order chi connectivity index (χ0) is 32.3. The molecule has 45 heavy (non-hydrogen) atoms. The van der Waals surface area contributed by atoms with Crippen molar-refractivity contribution in [3.05, 3.63) is 158 Å². The average Bonchev–Trinajstić information content (AvgIpc) is 3.05. The molecule has 0 bridgehead atoms. The molecule has 0 saturated carbocycles. The highest BCUT2D eigenvalue weighted by atomic mass is 127. The molecule has 0 aliphatic rings. The lowest BCUT2D eigenvalue weighted by atomic mass is 10.0. The van der Waals surface area contributed by atoms with Gasteiger partial charge in [0.15, 0.2) is 0 Å². The van der Waals surface area contributed by atoms with E-state index in [0.29, 0.717) is 0 Å². The van der Waals surface area contributed by atoms with E-state index in [4.69, 9.17) is 9.47 Å². The fourth-order valence-electron chi connectivity index (χ4n) is 5.24. The Morgan fingerprint density at radius 3 is 1.62 bits per heavy atom. The van der Waals surface area contributed by atoms with Gasteiger partial charge in [0.1, 0.15) is 11.5 Å². The Morgan fingerprint density at radius 2 is 1.07 bits per heavy atom. The Balaban J connectivity index is 0.000000170. The molecule has 0 heterocycles. The molecule has 6 aromatic rings. The van der Waals surface area contributed by atoms with E-state index < -0.39 is 0 Å². The topological polar surface area (TPSA) is 18.5 Å². The summed E-state index contributed by atoms with van der Waals surface area (Å²) in [6.07, 6.45) is 6.20. The van der Waals surface area contributed by atoms with Crippen molar-refractivity contribution in [2.75, 3.05) is 14.2 Å². The van der Waals surface area contributed by atoms with Gasteiger partial charge in [0, 0.05) is 5.56 Å². The van der Waals surface area contributed by atoms with E-state index >= 15 is 0 Å². The third-order valence-corrected chi connectivity index (χ3v) is 8.81. The normalized spacial score (nSPS) is 10.6. The van der Waals surface area contributed by atoms with Crippen molar-refractivity contribution in [1.29, 1.82) is 0 Å². The predicted molar refractivity (Wildman–Crippen MR) is 205 cm³/mol. The standard InChI is InChI=1S/C21H20O.C11H9IO.C10H12/c1-15-8-9-17(16(2)14-15)10-12-20-19-7-5-4-6-18(19)11-13-21(20)22-3;1-13-10-7-6-8-4-2-3-5-9(8)11(10)12;1-4-10-6-5-8(2)7-9(10)3/h4-14H,1-3H3;2-7H,1H3;4-7H,1H2,2-3H3/b12-10+;;. The summed E-state index contributed by atoms with van der Waals surface area (Å²) in [5.74, 6) is 1.85. The summed E-state index contributed by atoms with van der Waals surface area (Å²) < 4.78 is 12.0. The minimum Gasteiger partial charge on any atom is -0.496 e. The fourth-order valence-corrected chi connectivity index (χ4v) is 6.13. The number of fused-ring (bicyclic) bond motifs is 2. The molecule has 0 radical (unpaired) electrons. The van der Waals surface area contributed by atoms with Gasteiger partial charge in [-0.1, -0.05) is 133 Å². The third-order valence-electron chi connectivity index (χ3n) is 7.70. The molecule has 6 aromatic carbocycles. The second-order valence-electron chi connectivity index (χ2n) is 11.0. The van der Waals surface area contributed by atoms with Gasteiger partial charge < -0.3 is 9.47 Å². The molecule has 2 nitrogen and oxygen atoms in total. The quantitative estimate of drug-likeness (QED) is 0.131. The smallest absolute Gasteiger partial charge is 0.132 e. The van der Waals surface area contributed by atoms with E-state index in [2.05, 4.69) is 154 Å². The summed E-state index contributed by atoms with van der Waals surface area (Å²) in [4.78, 5) is 0. The number of rotatable bonds is 5. The summed E-state index contributed by atoms with van der Waals surface area (Å²) >= 11 is 2.31. The van der Waals surface area contributed by atoms with Gasteiger partial charge in [-0.3, -0.25) is 0 Å². The number of hydrogen-bond acceptors (Lipinski definition) is 2. The highest BCUT2D eigenvalue weighted by Gasteiger charge is 2.06. The number of methoxy groups -OCH3 is 2. The molecule has 0 saturated heterocycles. The average molecular weight is 705 g/mol. The summed E-state index contributed by atoms with van der Waals surface area (Å²) in [5.41, 5.74) is 8.78. The fraction of sp³-hybridized carbons (Fsp3) is 0.143. The molecule has 0 unspecified atom stereocenters. The first-order valence-electron chi connectivity index (χ1n) is 15.0. The maximum Gasteiger partial charge on any atom is 0.132 e. The molecule has 0 aliphatic carbocycles. The van der Waals surface area contributed by atoms with Crippen molar-refractivity contribution < 1.29 is 9.47 Å². The van der Waals surface area contributed by atoms with Crippen LogP contribution in [0.15, 0.2) is 116 Å². The van der Waals surface area contributed by atoms with Crippen LogP contribution in [-0.4, -0.2) is 14.2 Å². The van der Waals surface area contributed by atoms with Crippen LogP contribution < -0.4 is 9.47 Å². The first-order chi connectivity index (χ1) is 21.7. The molecule has 0 atom stereocenters. The first-order valence-corrected chi connectivity index (χ1v) is 16.1. The van der Waals surface area contributed by atoms with E-state index in [-0.39, 0.29) is 0 Å². The molecule has 6 rings (SSSR count). The molecule has 228 valence electrons. The molecule has 3 heteroatoms. The van der Waals surface area contributed by atoms with E-state index in [0.717, 1.165) is 17.1 Å². The maximum absolute atomic E-state index is 5.54. The van der Waals surface area contributed by atoms with E-state index in [1.54, 1.807) is 14.2 Å². The lowest BCUT2D eigenvalue weighted by Gasteiger charge is -2.09. The lowest BCUT2D eigenvalue weighted by molar-refractivity contribution is 0.412. The molecule has 0 N–H and O–H groups in total. The zero-order valence-corrected chi connectivity index (χ0v) is 29.2. The molecular formula is C42H41IO2. The largest absolute Gasteiger partial charge is 0.496 e. The van der Waals surface area contributed by atoms with Gasteiger partial charge in [-0.25, -0.2) is 0 Å². The monoisotopic (exact) mass is 704 g/mol. The molecule has 0 amide bonds. The Kier molecular flexibility index (Phi) is 12.0. The van der Waals surface area contributed by atoms with Crippen LogP contribution in [0.5, 0.6) is 11.5 Å². The van der Waals surface area contributed by atoms with Crippen LogP contribution in [0, 0.1) is 31.3 Å². The number of halogens is 1. The van der Waals surface area contributed by atoms with E-state index in [1.807, 2.05) is 30.3 Å². The molecule has 0 fully saturated rings. The maximum atomic E-state index is 5.54. The minimum atomic E-state index is 0.903. The van der Waals surface area contributed by atoms with Gasteiger partial charge in [-0.15, -0.1) is 0 Å². The number of benzene rings is 6. The molecule has 0 aromatic heterocycles. The Morgan fingerprint density at radius 1 is 0.556 bits per heavy atom. The SMILES string of the molecule is C=Cc1ccc(C)cc1C.COc1ccc2ccccc2c1/C=C/c1ccc(C)cc1C.COc1ccc2ccccc2c1I. The van der Waals surface area contributed by atoms with E-state index in [9.17, 15) is 0 Å². The number of ether oxygens (including phenoxy) is 2. The summed E-state index contributed by atoms with van der Waals surface area (Å²) in [7, 11) is 3.42. The zero-order valence-electron chi connectivity index (χ0n) is 27.0. The predicted octanol–water partition coefficient (Wildman–Crippen LogP) is 12.0. The van der Waals surface area contributed by atoms with Crippen LogP contribution in [0.1, 0.15) is 38.9 Å². The number of aryl methyl sites for hydroxylation is 4. The highest BCUT2D eigenvalue weighted by Crippen LogP contribution is 2.30. The summed E-state index contributed by atoms with van der Waals surface area (Å²) in [6, 6.07) is 37.8. The van der Waals surface area contributed by atoms with Gasteiger partial charge >= 0.3 is 0 Å². The van der Waals surface area contributed by atoms with Crippen LogP contribution in [0.4, 0.5) is 0 Å². The Bertz CT molecular complexity index is 1950. The first kappa shape index (κ1) is 33.5. The van der Waals surface area contributed by atoms with Gasteiger partial charge in [0.2, 0.25) is 0 Å². The number of hydrogen-bond donors (Lipinski definition) is 0. The van der Waals surface area contributed by atoms with Crippen LogP contribution in [0.2, 0.25) is 0 Å². The summed E-state index contributed by atoms with van der Waals surface area (Å²) in [6.45, 7) is 12.2. The van der Waals surface area contributed by atoms with Crippen LogP contribution in [0.3, 0.4) is 0 Å². The van der Waals surface area contributed by atoms with Gasteiger partial charge in [-0.05, 0) is 106 Å². The second kappa shape index (κ2) is 16.1. The third kappa shape index (κ3) is 8.64. The van der Waals surface area contributed by atoms with Crippen LogP contribution >= 0.6 is 22.6 Å². The van der Waals surface area contributed by atoms with E-state index in [1.165, 1.54) is 58.5 Å². The van der Waals surface area contributed by atoms with Gasteiger partial charge in [0.05, 0.1) is 17.8 Å². The second-order valence-corrected chi connectivity index (χ2v) is 12.0. The lowest BCUT2D eigenvalue weighted by Crippen LogP contribution is -1.89. The molecule has 0 spiro atoms. The van der Waals surface area contributed by atoms with Crippen molar-refractivity contribution in [2.24, 2.45) is 0 Å². The van der Waals surface area contributed by atoms with Crippen LogP contribution in [0.25, 0.3) is 39.8 Å². The van der Waals surface area contributed by atoms with Gasteiger partial charge in [0.25, 0.3) is 0 Å². The van der Waals surface area contributed by atoms with Crippen molar-refractivity contribution in [1.82, 2.24) is 0 Å². The van der Waals surface area contributed by atoms with Crippen molar-refractivity contribution in [3.8, 4) is 11.5 Å². The minimum absolute atomic E-state index is 0.903. The summed E-state index contributed by atoms with van der Waals surface area (Å²) in [5, 5.41) is 4.95. The van der Waals surface area contributed by atoms with Gasteiger partial charge in [-0.2, -0.15) is 0 Å². The highest BCUT2D eigenvalue weighted by molar-refractivity contribution is 14.1.